The summed E-state index contributed by atoms with van der Waals surface area (Å²) >= 11 is 0. The molecule has 1 heterocycles. The van der Waals surface area contributed by atoms with Crippen LogP contribution in [0.15, 0.2) is 0 Å². The van der Waals surface area contributed by atoms with Gasteiger partial charge in [-0.2, -0.15) is 0 Å². The van der Waals surface area contributed by atoms with Crippen LogP contribution in [-0.4, -0.2) is 50.7 Å². The molecule has 4 heteroatoms. The number of rotatable bonds is 5. The third-order valence-electron chi connectivity index (χ3n) is 2.64. The molecule has 1 rings (SSSR count). The standard InChI is InChI=1S/C10H20N2O2/c1-3-12(2)10(13)8-14-7-9-4-5-11-6-9/h9,11H,3-8H2,1-2H3. The maximum atomic E-state index is 11.3. The molecule has 0 bridgehead atoms. The Morgan fingerprint density at radius 3 is 3.00 bits per heavy atom. The van der Waals surface area contributed by atoms with Gasteiger partial charge in [0.05, 0.1) is 6.61 Å². The van der Waals surface area contributed by atoms with E-state index in [2.05, 4.69) is 5.32 Å². The second-order valence-electron chi connectivity index (χ2n) is 3.78. The molecule has 0 aromatic heterocycles. The van der Waals surface area contributed by atoms with Crippen molar-refractivity contribution in [2.75, 3.05) is 39.9 Å². The molecule has 1 aliphatic heterocycles. The van der Waals surface area contributed by atoms with Crippen LogP contribution in [-0.2, 0) is 9.53 Å². The van der Waals surface area contributed by atoms with Crippen molar-refractivity contribution in [2.24, 2.45) is 5.92 Å². The Balaban J connectivity index is 2.05. The molecule has 1 aliphatic rings. The fourth-order valence-electron chi connectivity index (χ4n) is 1.46. The molecule has 0 aromatic rings. The summed E-state index contributed by atoms with van der Waals surface area (Å²) in [5, 5.41) is 3.27. The lowest BCUT2D eigenvalue weighted by molar-refractivity contribution is -0.135. The van der Waals surface area contributed by atoms with Gasteiger partial charge in [0.15, 0.2) is 0 Å². The van der Waals surface area contributed by atoms with Crippen LogP contribution >= 0.6 is 0 Å². The van der Waals surface area contributed by atoms with Crippen molar-refractivity contribution in [3.05, 3.63) is 0 Å². The molecule has 0 radical (unpaired) electrons. The maximum Gasteiger partial charge on any atom is 0.248 e. The molecule has 1 atom stereocenters. The Morgan fingerprint density at radius 1 is 1.64 bits per heavy atom. The topological polar surface area (TPSA) is 41.6 Å². The second-order valence-corrected chi connectivity index (χ2v) is 3.78. The van der Waals surface area contributed by atoms with Gasteiger partial charge in [-0.15, -0.1) is 0 Å². The number of carbonyl (C=O) groups excluding carboxylic acids is 1. The molecule has 4 nitrogen and oxygen atoms in total. The fraction of sp³-hybridized carbons (Fsp3) is 0.900. The number of carbonyl (C=O) groups is 1. The predicted octanol–water partition coefficient (Wildman–Crippen LogP) is 0.0908. The first-order valence-corrected chi connectivity index (χ1v) is 5.26. The van der Waals surface area contributed by atoms with Gasteiger partial charge in [-0.25, -0.2) is 0 Å². The van der Waals surface area contributed by atoms with E-state index in [1.165, 1.54) is 0 Å². The van der Waals surface area contributed by atoms with E-state index in [1.54, 1.807) is 11.9 Å². The van der Waals surface area contributed by atoms with Crippen molar-refractivity contribution in [3.8, 4) is 0 Å². The summed E-state index contributed by atoms with van der Waals surface area (Å²) in [5.74, 6) is 0.660. The lowest BCUT2D eigenvalue weighted by atomic mass is 10.1. The largest absolute Gasteiger partial charge is 0.371 e. The van der Waals surface area contributed by atoms with Gasteiger partial charge in [-0.1, -0.05) is 0 Å². The summed E-state index contributed by atoms with van der Waals surface area (Å²) in [4.78, 5) is 13.0. The Labute approximate surface area is 85.6 Å². The van der Waals surface area contributed by atoms with E-state index in [4.69, 9.17) is 4.74 Å². The monoisotopic (exact) mass is 200 g/mol. The van der Waals surface area contributed by atoms with Crippen LogP contribution in [0.1, 0.15) is 13.3 Å². The molecule has 1 N–H and O–H groups in total. The Kier molecular flexibility index (Phi) is 4.90. The van der Waals surface area contributed by atoms with Crippen molar-refractivity contribution in [1.82, 2.24) is 10.2 Å². The first-order chi connectivity index (χ1) is 6.74. The molecule has 1 fully saturated rings. The molecule has 0 aromatic carbocycles. The molecule has 1 saturated heterocycles. The number of amides is 1. The van der Waals surface area contributed by atoms with Crippen LogP contribution in [0, 0.1) is 5.92 Å². The number of nitrogens with one attached hydrogen (secondary N) is 1. The summed E-state index contributed by atoms with van der Waals surface area (Å²) < 4.78 is 5.37. The normalized spacial score (nSPS) is 21.1. The molecule has 82 valence electrons. The summed E-state index contributed by atoms with van der Waals surface area (Å²) in [5.41, 5.74) is 0. The van der Waals surface area contributed by atoms with Gasteiger partial charge in [0.25, 0.3) is 0 Å². The van der Waals surface area contributed by atoms with Gasteiger partial charge in [0, 0.05) is 20.1 Å². The van der Waals surface area contributed by atoms with Crippen molar-refractivity contribution < 1.29 is 9.53 Å². The highest BCUT2D eigenvalue weighted by Gasteiger charge is 2.15. The van der Waals surface area contributed by atoms with Crippen molar-refractivity contribution in [1.29, 1.82) is 0 Å². The highest BCUT2D eigenvalue weighted by Crippen LogP contribution is 2.07. The van der Waals surface area contributed by atoms with E-state index in [-0.39, 0.29) is 12.5 Å². The number of nitrogens with zero attached hydrogens (tertiary/aromatic N) is 1. The fourth-order valence-corrected chi connectivity index (χ4v) is 1.46. The molecule has 1 unspecified atom stereocenters. The average molecular weight is 200 g/mol. The van der Waals surface area contributed by atoms with Crippen LogP contribution in [0.5, 0.6) is 0 Å². The van der Waals surface area contributed by atoms with Crippen LogP contribution in [0.2, 0.25) is 0 Å². The lowest BCUT2D eigenvalue weighted by Gasteiger charge is -2.15. The first-order valence-electron chi connectivity index (χ1n) is 5.26. The third-order valence-corrected chi connectivity index (χ3v) is 2.64. The van der Waals surface area contributed by atoms with E-state index >= 15 is 0 Å². The zero-order valence-electron chi connectivity index (χ0n) is 9.08. The Bertz CT molecular complexity index is 179. The summed E-state index contributed by atoms with van der Waals surface area (Å²) in [6.45, 7) is 5.73. The van der Waals surface area contributed by atoms with E-state index in [9.17, 15) is 4.79 Å². The zero-order valence-corrected chi connectivity index (χ0v) is 9.08. The third kappa shape index (κ3) is 3.64. The minimum absolute atomic E-state index is 0.0680. The Hall–Kier alpha value is -0.610. The quantitative estimate of drug-likeness (QED) is 0.684. The SMILES string of the molecule is CCN(C)C(=O)COCC1CCNC1. The lowest BCUT2D eigenvalue weighted by Crippen LogP contribution is -2.30. The number of ether oxygens (including phenoxy) is 1. The van der Waals surface area contributed by atoms with E-state index < -0.39 is 0 Å². The van der Waals surface area contributed by atoms with Crippen molar-refractivity contribution >= 4 is 5.91 Å². The number of likely N-dealkylation sites (N-methyl/N-ethyl adjacent to an activating group) is 1. The highest BCUT2D eigenvalue weighted by molar-refractivity contribution is 5.77. The summed E-state index contributed by atoms with van der Waals surface area (Å²) in [6.07, 6.45) is 1.16. The van der Waals surface area contributed by atoms with Gasteiger partial charge in [-0.3, -0.25) is 4.79 Å². The smallest absolute Gasteiger partial charge is 0.248 e. The molecule has 14 heavy (non-hydrogen) atoms. The van der Waals surface area contributed by atoms with E-state index in [0.717, 1.165) is 26.1 Å². The molecular weight excluding hydrogens is 180 g/mol. The zero-order chi connectivity index (χ0) is 10.4. The molecule has 1 amide bonds. The first kappa shape index (κ1) is 11.5. The van der Waals surface area contributed by atoms with Gasteiger partial charge >= 0.3 is 0 Å². The minimum Gasteiger partial charge on any atom is -0.371 e. The summed E-state index contributed by atoms with van der Waals surface area (Å²) in [6, 6.07) is 0. The van der Waals surface area contributed by atoms with Crippen LogP contribution in [0.4, 0.5) is 0 Å². The molecule has 0 saturated carbocycles. The maximum absolute atomic E-state index is 11.3. The van der Waals surface area contributed by atoms with E-state index in [0.29, 0.717) is 12.5 Å². The minimum atomic E-state index is 0.0680. The number of hydrogen-bond donors (Lipinski definition) is 1. The van der Waals surface area contributed by atoms with Crippen molar-refractivity contribution in [3.63, 3.8) is 0 Å². The Morgan fingerprint density at radius 2 is 2.43 bits per heavy atom. The van der Waals surface area contributed by atoms with Gasteiger partial charge in [0.2, 0.25) is 5.91 Å². The van der Waals surface area contributed by atoms with Gasteiger partial charge in [-0.05, 0) is 25.8 Å². The van der Waals surface area contributed by atoms with Crippen LogP contribution in [0.3, 0.4) is 0 Å². The molecular formula is C10H20N2O2. The number of hydrogen-bond acceptors (Lipinski definition) is 3. The summed E-state index contributed by atoms with van der Waals surface area (Å²) in [7, 11) is 1.79. The second kappa shape index (κ2) is 5.98. The van der Waals surface area contributed by atoms with Gasteiger partial charge in [0.1, 0.15) is 6.61 Å². The van der Waals surface area contributed by atoms with Crippen LogP contribution in [0.25, 0.3) is 0 Å². The molecule has 0 spiro atoms. The predicted molar refractivity (Wildman–Crippen MR) is 55.1 cm³/mol. The average Bonchev–Trinajstić information content (AvgIpc) is 2.69. The molecule has 0 aliphatic carbocycles. The van der Waals surface area contributed by atoms with Crippen molar-refractivity contribution in [2.45, 2.75) is 13.3 Å². The highest BCUT2D eigenvalue weighted by atomic mass is 16.5. The van der Waals surface area contributed by atoms with E-state index in [1.807, 2.05) is 6.92 Å². The van der Waals surface area contributed by atoms with Gasteiger partial charge < -0.3 is 15.0 Å². The van der Waals surface area contributed by atoms with Crippen LogP contribution < -0.4 is 5.32 Å².